The van der Waals surface area contributed by atoms with Gasteiger partial charge in [-0.3, -0.25) is 9.59 Å². The lowest BCUT2D eigenvalue weighted by Crippen LogP contribution is -2.43. The summed E-state index contributed by atoms with van der Waals surface area (Å²) in [6, 6.07) is 0. The number of amides is 1. The third-order valence-electron chi connectivity index (χ3n) is 3.13. The Balaban J connectivity index is 2.30. The van der Waals surface area contributed by atoms with E-state index >= 15 is 0 Å². The highest BCUT2D eigenvalue weighted by Crippen LogP contribution is 2.23. The van der Waals surface area contributed by atoms with Crippen LogP contribution in [-0.4, -0.2) is 20.9 Å². The molecule has 0 spiro atoms. The maximum atomic E-state index is 12.3. The van der Waals surface area contributed by atoms with Crippen molar-refractivity contribution in [3.63, 3.8) is 0 Å². The van der Waals surface area contributed by atoms with Crippen LogP contribution in [0.1, 0.15) is 46.4 Å². The number of hydrogen-bond acceptors (Lipinski definition) is 5. The van der Waals surface area contributed by atoms with Crippen LogP contribution in [0, 0.1) is 20.8 Å². The molecule has 0 fully saturated rings. The highest BCUT2D eigenvalue weighted by Gasteiger charge is 2.28. The molecule has 2 aromatic heterocycles. The quantitative estimate of drug-likeness (QED) is 0.905. The Hall–Kier alpha value is -2.02. The standard InChI is InChI=1S/C14H18N4O2S/c1-7-6-21-13(15-7)14(4,5)18-12(20)10-11(19)17-9(3)8(2)16-10/h6H,1-5H3,(H,17,19)(H,18,20). The van der Waals surface area contributed by atoms with Crippen molar-refractivity contribution in [3.05, 3.63) is 43.5 Å². The third-order valence-corrected chi connectivity index (χ3v) is 4.42. The summed E-state index contributed by atoms with van der Waals surface area (Å²) in [7, 11) is 0. The Morgan fingerprint density at radius 1 is 1.29 bits per heavy atom. The van der Waals surface area contributed by atoms with E-state index in [9.17, 15) is 9.59 Å². The molecule has 0 aliphatic carbocycles. The monoisotopic (exact) mass is 306 g/mol. The number of carbonyl (C=O) groups excluding carboxylic acids is 1. The maximum Gasteiger partial charge on any atom is 0.279 e. The number of aromatic amines is 1. The van der Waals surface area contributed by atoms with Gasteiger partial charge in [-0.1, -0.05) is 0 Å². The molecule has 0 aliphatic rings. The Labute approximate surface area is 126 Å². The fourth-order valence-corrected chi connectivity index (χ4v) is 2.69. The Kier molecular flexibility index (Phi) is 3.95. The summed E-state index contributed by atoms with van der Waals surface area (Å²) in [5, 5.41) is 5.52. The van der Waals surface area contributed by atoms with Crippen LogP contribution in [0.25, 0.3) is 0 Å². The van der Waals surface area contributed by atoms with Crippen LogP contribution in [0.3, 0.4) is 0 Å². The van der Waals surface area contributed by atoms with Crippen LogP contribution in [0.2, 0.25) is 0 Å². The summed E-state index contributed by atoms with van der Waals surface area (Å²) in [6.45, 7) is 9.08. The van der Waals surface area contributed by atoms with Crippen LogP contribution in [0.5, 0.6) is 0 Å². The van der Waals surface area contributed by atoms with Gasteiger partial charge >= 0.3 is 0 Å². The highest BCUT2D eigenvalue weighted by molar-refractivity contribution is 7.09. The van der Waals surface area contributed by atoms with E-state index in [0.29, 0.717) is 11.4 Å². The molecular weight excluding hydrogens is 288 g/mol. The second-order valence-electron chi connectivity index (χ2n) is 5.50. The van der Waals surface area contributed by atoms with Gasteiger partial charge in [-0.15, -0.1) is 11.3 Å². The second-order valence-corrected chi connectivity index (χ2v) is 6.36. The van der Waals surface area contributed by atoms with Gasteiger partial charge in [0, 0.05) is 16.8 Å². The zero-order chi connectivity index (χ0) is 15.8. The first-order chi connectivity index (χ1) is 9.70. The lowest BCUT2D eigenvalue weighted by molar-refractivity contribution is 0.0904. The average molecular weight is 306 g/mol. The first-order valence-electron chi connectivity index (χ1n) is 6.53. The molecule has 0 aliphatic heterocycles. The van der Waals surface area contributed by atoms with Crippen LogP contribution in [0.15, 0.2) is 10.2 Å². The van der Waals surface area contributed by atoms with E-state index in [0.717, 1.165) is 10.7 Å². The molecule has 21 heavy (non-hydrogen) atoms. The van der Waals surface area contributed by atoms with E-state index in [1.54, 1.807) is 13.8 Å². The Morgan fingerprint density at radius 2 is 1.95 bits per heavy atom. The second kappa shape index (κ2) is 5.40. The fraction of sp³-hybridized carbons (Fsp3) is 0.429. The molecule has 2 rings (SSSR count). The van der Waals surface area contributed by atoms with Crippen molar-refractivity contribution in [2.24, 2.45) is 0 Å². The largest absolute Gasteiger partial charge is 0.339 e. The number of H-pyrrole nitrogens is 1. The van der Waals surface area contributed by atoms with Gasteiger partial charge in [0.1, 0.15) is 5.01 Å². The average Bonchev–Trinajstić information content (AvgIpc) is 2.80. The van der Waals surface area contributed by atoms with Gasteiger partial charge in [0.05, 0.1) is 11.2 Å². The minimum atomic E-state index is -0.664. The zero-order valence-electron chi connectivity index (χ0n) is 12.7. The minimum Gasteiger partial charge on any atom is -0.339 e. The first-order valence-corrected chi connectivity index (χ1v) is 7.41. The summed E-state index contributed by atoms with van der Waals surface area (Å²) in [5.41, 5.74) is 0.915. The maximum absolute atomic E-state index is 12.3. The van der Waals surface area contributed by atoms with Gasteiger partial charge in [0.25, 0.3) is 11.5 Å². The number of carbonyl (C=O) groups is 1. The lowest BCUT2D eigenvalue weighted by Gasteiger charge is -2.23. The van der Waals surface area contributed by atoms with E-state index in [4.69, 9.17) is 0 Å². The van der Waals surface area contributed by atoms with Crippen LogP contribution < -0.4 is 10.9 Å². The van der Waals surface area contributed by atoms with Crippen molar-refractivity contribution in [3.8, 4) is 0 Å². The fourth-order valence-electron chi connectivity index (χ4n) is 1.81. The molecular formula is C14H18N4O2S. The minimum absolute atomic E-state index is 0.126. The summed E-state index contributed by atoms with van der Waals surface area (Å²) >= 11 is 1.47. The molecule has 7 heteroatoms. The van der Waals surface area contributed by atoms with Gasteiger partial charge in [-0.05, 0) is 34.6 Å². The zero-order valence-corrected chi connectivity index (χ0v) is 13.5. The first kappa shape index (κ1) is 15.4. The Bertz CT molecular complexity index is 746. The van der Waals surface area contributed by atoms with Crippen molar-refractivity contribution >= 4 is 17.2 Å². The molecule has 0 saturated heterocycles. The van der Waals surface area contributed by atoms with Crippen molar-refractivity contribution in [1.29, 1.82) is 0 Å². The molecule has 0 unspecified atom stereocenters. The van der Waals surface area contributed by atoms with Crippen LogP contribution in [0.4, 0.5) is 0 Å². The molecule has 2 N–H and O–H groups in total. The van der Waals surface area contributed by atoms with Gasteiger partial charge < -0.3 is 10.3 Å². The number of nitrogens with one attached hydrogen (secondary N) is 2. The van der Waals surface area contributed by atoms with Crippen LogP contribution in [-0.2, 0) is 5.54 Å². The van der Waals surface area contributed by atoms with Gasteiger partial charge in [0.2, 0.25) is 0 Å². The van der Waals surface area contributed by atoms with E-state index in [1.165, 1.54) is 11.3 Å². The number of aromatic nitrogens is 3. The molecule has 1 amide bonds. The summed E-state index contributed by atoms with van der Waals surface area (Å²) in [5.74, 6) is -0.503. The summed E-state index contributed by atoms with van der Waals surface area (Å²) in [6.07, 6.45) is 0. The highest BCUT2D eigenvalue weighted by atomic mass is 32.1. The van der Waals surface area contributed by atoms with Gasteiger partial charge in [-0.25, -0.2) is 9.97 Å². The molecule has 6 nitrogen and oxygen atoms in total. The number of thiazole rings is 1. The van der Waals surface area contributed by atoms with Crippen molar-refractivity contribution in [2.75, 3.05) is 0 Å². The summed E-state index contributed by atoms with van der Waals surface area (Å²) < 4.78 is 0. The molecule has 0 saturated carbocycles. The molecule has 2 heterocycles. The molecule has 0 radical (unpaired) electrons. The number of hydrogen-bond donors (Lipinski definition) is 2. The topological polar surface area (TPSA) is 87.7 Å². The molecule has 2 aromatic rings. The SMILES string of the molecule is Cc1csc(C(C)(C)NC(=O)c2nc(C)c(C)[nH]c2=O)n1. The number of aryl methyl sites for hydroxylation is 3. The van der Waals surface area contributed by atoms with Crippen LogP contribution >= 0.6 is 11.3 Å². The summed E-state index contributed by atoms with van der Waals surface area (Å²) in [4.78, 5) is 35.3. The van der Waals surface area contributed by atoms with E-state index in [2.05, 4.69) is 20.3 Å². The van der Waals surface area contributed by atoms with Crippen molar-refractivity contribution < 1.29 is 4.79 Å². The smallest absolute Gasteiger partial charge is 0.279 e. The van der Waals surface area contributed by atoms with Gasteiger partial charge in [-0.2, -0.15) is 0 Å². The molecule has 0 atom stereocenters. The van der Waals surface area contributed by atoms with Gasteiger partial charge in [0.15, 0.2) is 5.69 Å². The van der Waals surface area contributed by atoms with E-state index in [-0.39, 0.29) is 5.69 Å². The Morgan fingerprint density at radius 3 is 2.52 bits per heavy atom. The normalized spacial score (nSPS) is 11.5. The lowest BCUT2D eigenvalue weighted by atomic mass is 10.1. The number of rotatable bonds is 3. The van der Waals surface area contributed by atoms with Crippen molar-refractivity contribution in [1.82, 2.24) is 20.3 Å². The third kappa shape index (κ3) is 3.18. The molecule has 112 valence electrons. The molecule has 0 aromatic carbocycles. The van der Waals surface area contributed by atoms with E-state index < -0.39 is 17.0 Å². The number of nitrogens with zero attached hydrogens (tertiary/aromatic N) is 2. The van der Waals surface area contributed by atoms with Crippen molar-refractivity contribution in [2.45, 2.75) is 40.2 Å². The predicted molar refractivity (Wildman–Crippen MR) is 81.7 cm³/mol. The molecule has 0 bridgehead atoms. The predicted octanol–water partition coefficient (Wildman–Crippen LogP) is 1.82. The van der Waals surface area contributed by atoms with E-state index in [1.807, 2.05) is 26.2 Å².